The van der Waals surface area contributed by atoms with Crippen molar-refractivity contribution < 1.29 is 34.5 Å². The van der Waals surface area contributed by atoms with Crippen molar-refractivity contribution in [2.75, 3.05) is 0 Å². The third kappa shape index (κ3) is 8.03. The fourth-order valence-corrected chi connectivity index (χ4v) is 1.41. The van der Waals surface area contributed by atoms with Gasteiger partial charge in [0.2, 0.25) is 5.91 Å². The van der Waals surface area contributed by atoms with Gasteiger partial charge in [-0.3, -0.25) is 14.4 Å². The first-order chi connectivity index (χ1) is 9.23. The number of carboxylic acid groups (broad SMARTS) is 3. The smallest absolute Gasteiger partial charge is 0.326 e. The van der Waals surface area contributed by atoms with Crippen LogP contribution in [0, 0.1) is 0 Å². The van der Waals surface area contributed by atoms with Crippen LogP contribution < -0.4 is 11.1 Å². The number of carbonyl (C=O) groups is 4. The number of hydrogen-bond acceptors (Lipinski definition) is 5. The second-order valence-electron chi connectivity index (χ2n) is 4.23. The van der Waals surface area contributed by atoms with Gasteiger partial charge < -0.3 is 26.4 Å². The molecular weight excluding hydrogens is 272 g/mol. The van der Waals surface area contributed by atoms with Gasteiger partial charge in [-0.05, 0) is 19.3 Å². The van der Waals surface area contributed by atoms with Gasteiger partial charge in [0.1, 0.15) is 12.1 Å². The SMILES string of the molecule is NC(CCCC(NC(=O)CCC(=O)O)C(=O)O)C(=O)O. The third-order valence-corrected chi connectivity index (χ3v) is 2.52. The molecule has 0 aromatic carbocycles. The normalized spacial score (nSPS) is 13.2. The van der Waals surface area contributed by atoms with Crippen LogP contribution in [0.25, 0.3) is 0 Å². The lowest BCUT2D eigenvalue weighted by molar-refractivity contribution is -0.142. The molecule has 0 bridgehead atoms. The summed E-state index contributed by atoms with van der Waals surface area (Å²) in [5, 5.41) is 28.0. The minimum absolute atomic E-state index is 0.0229. The average molecular weight is 290 g/mol. The highest BCUT2D eigenvalue weighted by atomic mass is 16.4. The summed E-state index contributed by atoms with van der Waals surface area (Å²) in [5.41, 5.74) is 5.26. The molecule has 0 heterocycles. The Kier molecular flexibility index (Phi) is 7.90. The minimum atomic E-state index is -1.27. The van der Waals surface area contributed by atoms with E-state index in [-0.39, 0.29) is 32.1 Å². The molecule has 9 heteroatoms. The number of carboxylic acids is 3. The van der Waals surface area contributed by atoms with Crippen LogP contribution in [0.1, 0.15) is 32.1 Å². The van der Waals surface area contributed by atoms with E-state index in [1.54, 1.807) is 0 Å². The highest BCUT2D eigenvalue weighted by Gasteiger charge is 2.21. The van der Waals surface area contributed by atoms with Crippen molar-refractivity contribution in [1.29, 1.82) is 0 Å². The molecule has 20 heavy (non-hydrogen) atoms. The van der Waals surface area contributed by atoms with E-state index >= 15 is 0 Å². The Morgan fingerprint density at radius 1 is 0.950 bits per heavy atom. The Balaban J connectivity index is 4.17. The number of carbonyl (C=O) groups excluding carboxylic acids is 1. The highest BCUT2D eigenvalue weighted by molar-refractivity contribution is 5.85. The largest absolute Gasteiger partial charge is 0.481 e. The maximum absolute atomic E-state index is 11.3. The first-order valence-corrected chi connectivity index (χ1v) is 5.96. The predicted molar refractivity (Wildman–Crippen MR) is 65.9 cm³/mol. The predicted octanol–water partition coefficient (Wildman–Crippen LogP) is -0.997. The van der Waals surface area contributed by atoms with Crippen LogP contribution in [0.2, 0.25) is 0 Å². The molecule has 0 aromatic heterocycles. The molecule has 0 saturated carbocycles. The van der Waals surface area contributed by atoms with Crippen molar-refractivity contribution >= 4 is 23.8 Å². The molecular formula is C11H18N2O7. The topological polar surface area (TPSA) is 167 Å². The van der Waals surface area contributed by atoms with E-state index in [2.05, 4.69) is 5.32 Å². The van der Waals surface area contributed by atoms with Gasteiger partial charge in [0.15, 0.2) is 0 Å². The van der Waals surface area contributed by atoms with Crippen molar-refractivity contribution in [3.8, 4) is 0 Å². The summed E-state index contributed by atoms with van der Waals surface area (Å²) in [6.45, 7) is 0. The molecule has 0 fully saturated rings. The molecule has 0 aliphatic heterocycles. The zero-order chi connectivity index (χ0) is 15.7. The first kappa shape index (κ1) is 17.8. The van der Waals surface area contributed by atoms with E-state index in [1.807, 2.05) is 0 Å². The Bertz CT molecular complexity index is 383. The van der Waals surface area contributed by atoms with E-state index in [1.165, 1.54) is 0 Å². The average Bonchev–Trinajstić information content (AvgIpc) is 2.34. The molecule has 0 aliphatic carbocycles. The van der Waals surface area contributed by atoms with E-state index in [4.69, 9.17) is 21.1 Å². The standard InChI is InChI=1S/C11H18N2O7/c12-6(10(17)18)2-1-3-7(11(19)20)13-8(14)4-5-9(15)16/h6-7H,1-5,12H2,(H,13,14)(H,15,16)(H,17,18)(H,19,20). The van der Waals surface area contributed by atoms with E-state index in [0.717, 1.165) is 0 Å². The van der Waals surface area contributed by atoms with E-state index in [9.17, 15) is 19.2 Å². The number of aliphatic carboxylic acids is 3. The van der Waals surface area contributed by atoms with Gasteiger partial charge in [0.25, 0.3) is 0 Å². The van der Waals surface area contributed by atoms with Gasteiger partial charge in [-0.15, -0.1) is 0 Å². The van der Waals surface area contributed by atoms with E-state index < -0.39 is 35.9 Å². The lowest BCUT2D eigenvalue weighted by Gasteiger charge is -2.14. The van der Waals surface area contributed by atoms with Crippen LogP contribution in [0.3, 0.4) is 0 Å². The maximum Gasteiger partial charge on any atom is 0.326 e. The van der Waals surface area contributed by atoms with Gasteiger partial charge in [0.05, 0.1) is 6.42 Å². The molecule has 2 unspecified atom stereocenters. The Hall–Kier alpha value is -2.16. The molecule has 0 aliphatic rings. The molecule has 6 N–H and O–H groups in total. The second-order valence-corrected chi connectivity index (χ2v) is 4.23. The molecule has 2 atom stereocenters. The Morgan fingerprint density at radius 3 is 2.00 bits per heavy atom. The molecule has 0 aromatic rings. The van der Waals surface area contributed by atoms with Gasteiger partial charge >= 0.3 is 17.9 Å². The van der Waals surface area contributed by atoms with Crippen LogP contribution in [-0.4, -0.2) is 51.2 Å². The third-order valence-electron chi connectivity index (χ3n) is 2.52. The summed E-state index contributed by atoms with van der Waals surface area (Å²) in [5.74, 6) is -4.28. The fraction of sp³-hybridized carbons (Fsp3) is 0.636. The van der Waals surface area contributed by atoms with Crippen LogP contribution in [0.15, 0.2) is 0 Å². The van der Waals surface area contributed by atoms with Crippen molar-refractivity contribution in [3.05, 3.63) is 0 Å². The molecule has 0 saturated heterocycles. The fourth-order valence-electron chi connectivity index (χ4n) is 1.41. The summed E-state index contributed by atoms with van der Waals surface area (Å²) in [7, 11) is 0. The zero-order valence-electron chi connectivity index (χ0n) is 10.7. The monoisotopic (exact) mass is 290 g/mol. The van der Waals surface area contributed by atoms with Crippen LogP contribution in [0.5, 0.6) is 0 Å². The molecule has 114 valence electrons. The number of nitrogens with one attached hydrogen (secondary N) is 1. The molecule has 0 spiro atoms. The molecule has 0 rings (SSSR count). The minimum Gasteiger partial charge on any atom is -0.481 e. The van der Waals surface area contributed by atoms with Crippen LogP contribution in [-0.2, 0) is 19.2 Å². The number of amides is 1. The maximum atomic E-state index is 11.3. The summed E-state index contributed by atoms with van der Waals surface area (Å²) in [6.07, 6.45) is -0.376. The number of hydrogen-bond donors (Lipinski definition) is 5. The van der Waals surface area contributed by atoms with Crippen LogP contribution in [0.4, 0.5) is 0 Å². The highest BCUT2D eigenvalue weighted by Crippen LogP contribution is 2.05. The molecule has 9 nitrogen and oxygen atoms in total. The van der Waals surface area contributed by atoms with Crippen molar-refractivity contribution in [2.24, 2.45) is 5.73 Å². The Morgan fingerprint density at radius 2 is 1.55 bits per heavy atom. The number of rotatable bonds is 10. The molecule has 1 amide bonds. The summed E-state index contributed by atoms with van der Waals surface area (Å²) in [4.78, 5) is 43.0. The van der Waals surface area contributed by atoms with Gasteiger partial charge in [-0.2, -0.15) is 0 Å². The van der Waals surface area contributed by atoms with Gasteiger partial charge in [0, 0.05) is 6.42 Å². The van der Waals surface area contributed by atoms with Gasteiger partial charge in [-0.25, -0.2) is 4.79 Å². The summed E-state index contributed by atoms with van der Waals surface area (Å²) < 4.78 is 0. The van der Waals surface area contributed by atoms with Crippen LogP contribution >= 0.6 is 0 Å². The van der Waals surface area contributed by atoms with Crippen molar-refractivity contribution in [2.45, 2.75) is 44.2 Å². The first-order valence-electron chi connectivity index (χ1n) is 5.96. The number of nitrogens with two attached hydrogens (primary N) is 1. The molecule has 0 radical (unpaired) electrons. The summed E-state index contributed by atoms with van der Waals surface area (Å²) in [6, 6.07) is -2.26. The van der Waals surface area contributed by atoms with Crippen molar-refractivity contribution in [1.82, 2.24) is 5.32 Å². The second kappa shape index (κ2) is 8.86. The van der Waals surface area contributed by atoms with E-state index in [0.29, 0.717) is 0 Å². The quantitative estimate of drug-likeness (QED) is 0.341. The lowest BCUT2D eigenvalue weighted by atomic mass is 10.1. The Labute approximate surface area is 114 Å². The van der Waals surface area contributed by atoms with Crippen molar-refractivity contribution in [3.63, 3.8) is 0 Å². The zero-order valence-corrected chi connectivity index (χ0v) is 10.7. The summed E-state index contributed by atoms with van der Waals surface area (Å²) >= 11 is 0. The lowest BCUT2D eigenvalue weighted by Crippen LogP contribution is -2.41. The van der Waals surface area contributed by atoms with Gasteiger partial charge in [-0.1, -0.05) is 0 Å².